The number of non-ortho nitro benzene ring substituents is 1. The van der Waals surface area contributed by atoms with Crippen molar-refractivity contribution in [2.75, 3.05) is 5.32 Å². The summed E-state index contributed by atoms with van der Waals surface area (Å²) in [6.45, 7) is 0. The molecule has 0 bridgehead atoms. The molecule has 0 saturated carbocycles. The average molecular weight is 495 g/mol. The second kappa shape index (κ2) is 8.36. The Balaban J connectivity index is 1.88. The number of nitro groups is 1. The number of halogens is 2. The van der Waals surface area contributed by atoms with Gasteiger partial charge in [0.25, 0.3) is 11.6 Å². The standard InChI is InChI=1S/C19H12ClIN2O4/c20-13-3-1-2-12(8-13)19(24)22-15-9-16(23(25)26)11-18(10-15)27-17-6-4-14(21)5-7-17/h1-11H,(H,22,24). The van der Waals surface area contributed by atoms with Gasteiger partial charge in [-0.2, -0.15) is 0 Å². The van der Waals surface area contributed by atoms with Gasteiger partial charge >= 0.3 is 0 Å². The number of carbonyl (C=O) groups excluding carboxylic acids is 1. The Morgan fingerprint density at radius 2 is 1.78 bits per heavy atom. The van der Waals surface area contributed by atoms with Crippen LogP contribution in [0.2, 0.25) is 5.02 Å². The summed E-state index contributed by atoms with van der Waals surface area (Å²) in [5, 5.41) is 14.3. The second-order valence-corrected chi connectivity index (χ2v) is 7.18. The number of carbonyl (C=O) groups is 1. The molecule has 3 rings (SSSR count). The van der Waals surface area contributed by atoms with E-state index in [9.17, 15) is 14.9 Å². The lowest BCUT2D eigenvalue weighted by Crippen LogP contribution is -2.12. The van der Waals surface area contributed by atoms with Gasteiger partial charge in [0.1, 0.15) is 11.5 Å². The number of nitro benzene ring substituents is 1. The fraction of sp³-hybridized carbons (Fsp3) is 0. The summed E-state index contributed by atoms with van der Waals surface area (Å²) in [5.41, 5.74) is 0.392. The monoisotopic (exact) mass is 494 g/mol. The smallest absolute Gasteiger partial charge is 0.275 e. The molecule has 3 aromatic carbocycles. The molecule has 0 unspecified atom stereocenters. The minimum absolute atomic E-state index is 0.195. The van der Waals surface area contributed by atoms with Gasteiger partial charge in [-0.25, -0.2) is 0 Å². The van der Waals surface area contributed by atoms with Crippen molar-refractivity contribution in [2.24, 2.45) is 0 Å². The number of benzene rings is 3. The Morgan fingerprint density at radius 3 is 2.44 bits per heavy atom. The molecular formula is C19H12ClIN2O4. The van der Waals surface area contributed by atoms with Crippen molar-refractivity contribution in [1.82, 2.24) is 0 Å². The molecule has 0 spiro atoms. The number of nitrogens with one attached hydrogen (secondary N) is 1. The van der Waals surface area contributed by atoms with Crippen LogP contribution in [0.5, 0.6) is 11.5 Å². The number of nitrogens with zero attached hydrogens (tertiary/aromatic N) is 1. The Hall–Kier alpha value is -2.65. The average Bonchev–Trinajstić information content (AvgIpc) is 2.63. The zero-order valence-corrected chi connectivity index (χ0v) is 16.6. The van der Waals surface area contributed by atoms with Gasteiger partial charge in [-0.3, -0.25) is 14.9 Å². The molecule has 3 aromatic rings. The van der Waals surface area contributed by atoms with Crippen LogP contribution in [0.15, 0.2) is 66.7 Å². The lowest BCUT2D eigenvalue weighted by atomic mass is 10.2. The molecule has 0 aliphatic rings. The molecule has 0 fully saturated rings. The van der Waals surface area contributed by atoms with Crippen LogP contribution in [-0.4, -0.2) is 10.8 Å². The number of hydrogen-bond acceptors (Lipinski definition) is 4. The van der Waals surface area contributed by atoms with E-state index in [1.807, 2.05) is 12.1 Å². The minimum Gasteiger partial charge on any atom is -0.457 e. The van der Waals surface area contributed by atoms with Gasteiger partial charge in [-0.1, -0.05) is 17.7 Å². The van der Waals surface area contributed by atoms with Gasteiger partial charge in [0.15, 0.2) is 0 Å². The number of hydrogen-bond donors (Lipinski definition) is 1. The van der Waals surface area contributed by atoms with E-state index in [4.69, 9.17) is 16.3 Å². The summed E-state index contributed by atoms with van der Waals surface area (Å²) in [6.07, 6.45) is 0. The number of ether oxygens (including phenoxy) is 1. The lowest BCUT2D eigenvalue weighted by Gasteiger charge is -2.10. The molecule has 1 N–H and O–H groups in total. The maximum Gasteiger partial charge on any atom is 0.275 e. The van der Waals surface area contributed by atoms with Crippen molar-refractivity contribution in [3.05, 3.63) is 91.0 Å². The predicted octanol–water partition coefficient (Wildman–Crippen LogP) is 5.90. The van der Waals surface area contributed by atoms with Crippen LogP contribution in [-0.2, 0) is 0 Å². The maximum absolute atomic E-state index is 12.4. The summed E-state index contributed by atoms with van der Waals surface area (Å²) >= 11 is 8.06. The highest BCUT2D eigenvalue weighted by Crippen LogP contribution is 2.30. The first-order valence-corrected chi connectivity index (χ1v) is 9.16. The van der Waals surface area contributed by atoms with Crippen molar-refractivity contribution in [1.29, 1.82) is 0 Å². The largest absolute Gasteiger partial charge is 0.457 e. The van der Waals surface area contributed by atoms with Crippen molar-refractivity contribution in [2.45, 2.75) is 0 Å². The quantitative estimate of drug-likeness (QED) is 0.272. The Kier molecular flexibility index (Phi) is 5.92. The van der Waals surface area contributed by atoms with E-state index in [2.05, 4.69) is 27.9 Å². The molecule has 136 valence electrons. The molecule has 0 saturated heterocycles. The zero-order chi connectivity index (χ0) is 19.4. The molecule has 0 radical (unpaired) electrons. The van der Waals surface area contributed by atoms with Crippen LogP contribution in [0.1, 0.15) is 10.4 Å². The van der Waals surface area contributed by atoms with Gasteiger partial charge in [0.05, 0.1) is 16.7 Å². The summed E-state index contributed by atoms with van der Waals surface area (Å²) < 4.78 is 6.73. The molecular weight excluding hydrogens is 483 g/mol. The third-order valence-corrected chi connectivity index (χ3v) is 4.45. The van der Waals surface area contributed by atoms with Crippen molar-refractivity contribution >= 4 is 51.5 Å². The normalized spacial score (nSPS) is 10.3. The molecule has 0 aliphatic carbocycles. The molecule has 8 heteroatoms. The van der Waals surface area contributed by atoms with Crippen LogP contribution in [0.3, 0.4) is 0 Å². The Labute approximate surface area is 173 Å². The highest BCUT2D eigenvalue weighted by molar-refractivity contribution is 14.1. The first kappa shape index (κ1) is 19.1. The SMILES string of the molecule is O=C(Nc1cc(Oc2ccc(I)cc2)cc([N+](=O)[O-])c1)c1cccc(Cl)c1. The van der Waals surface area contributed by atoms with E-state index in [-0.39, 0.29) is 17.1 Å². The molecule has 1 amide bonds. The molecule has 0 aliphatic heterocycles. The lowest BCUT2D eigenvalue weighted by molar-refractivity contribution is -0.384. The van der Waals surface area contributed by atoms with E-state index < -0.39 is 10.8 Å². The maximum atomic E-state index is 12.4. The van der Waals surface area contributed by atoms with Crippen molar-refractivity contribution in [3.63, 3.8) is 0 Å². The Bertz CT molecular complexity index is 1010. The first-order chi connectivity index (χ1) is 12.9. The van der Waals surface area contributed by atoms with Crippen LogP contribution >= 0.6 is 34.2 Å². The second-order valence-electron chi connectivity index (χ2n) is 5.49. The minimum atomic E-state index is -0.546. The van der Waals surface area contributed by atoms with Gasteiger partial charge in [0.2, 0.25) is 0 Å². The topological polar surface area (TPSA) is 81.5 Å². The van der Waals surface area contributed by atoms with E-state index in [1.54, 1.807) is 30.3 Å². The van der Waals surface area contributed by atoms with E-state index in [0.717, 1.165) is 3.57 Å². The van der Waals surface area contributed by atoms with Crippen LogP contribution in [0, 0.1) is 13.7 Å². The summed E-state index contributed by atoms with van der Waals surface area (Å²) in [7, 11) is 0. The molecule has 0 atom stereocenters. The molecule has 0 aromatic heterocycles. The van der Waals surface area contributed by atoms with Crippen molar-refractivity contribution < 1.29 is 14.5 Å². The van der Waals surface area contributed by atoms with Crippen molar-refractivity contribution in [3.8, 4) is 11.5 Å². The number of anilines is 1. The zero-order valence-electron chi connectivity index (χ0n) is 13.7. The predicted molar refractivity (Wildman–Crippen MR) is 112 cm³/mol. The van der Waals surface area contributed by atoms with Gasteiger partial charge < -0.3 is 10.1 Å². The van der Waals surface area contributed by atoms with Crippen LogP contribution in [0.25, 0.3) is 0 Å². The summed E-state index contributed by atoms with van der Waals surface area (Å²) in [4.78, 5) is 23.0. The van der Waals surface area contributed by atoms with Gasteiger partial charge in [-0.15, -0.1) is 0 Å². The fourth-order valence-electron chi connectivity index (χ4n) is 2.29. The third kappa shape index (κ3) is 5.18. The number of rotatable bonds is 5. The van der Waals surface area contributed by atoms with E-state index in [0.29, 0.717) is 16.3 Å². The van der Waals surface area contributed by atoms with Crippen LogP contribution < -0.4 is 10.1 Å². The number of amides is 1. The fourth-order valence-corrected chi connectivity index (χ4v) is 2.84. The third-order valence-electron chi connectivity index (χ3n) is 3.50. The molecule has 27 heavy (non-hydrogen) atoms. The van der Waals surface area contributed by atoms with Crippen LogP contribution in [0.4, 0.5) is 11.4 Å². The molecule has 0 heterocycles. The van der Waals surface area contributed by atoms with E-state index >= 15 is 0 Å². The highest BCUT2D eigenvalue weighted by atomic mass is 127. The first-order valence-electron chi connectivity index (χ1n) is 7.70. The highest BCUT2D eigenvalue weighted by Gasteiger charge is 2.14. The summed E-state index contributed by atoms with van der Waals surface area (Å²) in [6, 6.07) is 17.7. The van der Waals surface area contributed by atoms with E-state index in [1.165, 1.54) is 24.3 Å². The Morgan fingerprint density at radius 1 is 1.04 bits per heavy atom. The van der Waals surface area contributed by atoms with Gasteiger partial charge in [0, 0.05) is 26.3 Å². The molecule has 6 nitrogen and oxygen atoms in total. The summed E-state index contributed by atoms with van der Waals surface area (Å²) in [5.74, 6) is 0.341. The van der Waals surface area contributed by atoms with Gasteiger partial charge in [-0.05, 0) is 65.1 Å².